The number of aryl methyl sites for hydroxylation is 1. The maximum absolute atomic E-state index is 11.5. The van der Waals surface area contributed by atoms with Crippen LogP contribution in [-0.2, 0) is 0 Å². The zero-order valence-electron chi connectivity index (χ0n) is 8.73. The van der Waals surface area contributed by atoms with Crippen LogP contribution in [-0.4, -0.2) is 11.0 Å². The number of carbonyl (C=O) groups is 1. The molecule has 0 unspecified atom stereocenters. The van der Waals surface area contributed by atoms with Crippen molar-refractivity contribution in [2.24, 2.45) is 0 Å². The molecule has 4 nitrogen and oxygen atoms in total. The van der Waals surface area contributed by atoms with Crippen LogP contribution in [0.1, 0.15) is 5.69 Å². The normalized spacial score (nSPS) is 9.81. The largest absolute Gasteiger partial charge is 0.324 e. The second kappa shape index (κ2) is 4.76. The van der Waals surface area contributed by atoms with Gasteiger partial charge in [0, 0.05) is 5.69 Å². The number of pyridine rings is 1. The lowest BCUT2D eigenvalue weighted by molar-refractivity contribution is 0.262. The molecule has 0 spiro atoms. The van der Waals surface area contributed by atoms with Crippen molar-refractivity contribution < 1.29 is 4.79 Å². The number of hydrogen-bond donors (Lipinski definition) is 2. The van der Waals surface area contributed by atoms with Crippen LogP contribution in [0.2, 0.25) is 0 Å². The van der Waals surface area contributed by atoms with Gasteiger partial charge in [-0.2, -0.15) is 0 Å². The first kappa shape index (κ1) is 10.6. The van der Waals surface area contributed by atoms with Crippen molar-refractivity contribution in [1.29, 1.82) is 0 Å². The van der Waals surface area contributed by atoms with Gasteiger partial charge in [-0.15, -0.1) is 11.3 Å². The second-order valence-electron chi connectivity index (χ2n) is 3.24. The maximum atomic E-state index is 11.5. The first-order valence-corrected chi connectivity index (χ1v) is 5.66. The molecule has 0 bridgehead atoms. The van der Waals surface area contributed by atoms with Gasteiger partial charge in [0.15, 0.2) is 0 Å². The van der Waals surface area contributed by atoms with Gasteiger partial charge < -0.3 is 5.32 Å². The van der Waals surface area contributed by atoms with Gasteiger partial charge in [0.05, 0.1) is 16.9 Å². The Hall–Kier alpha value is -1.88. The first-order chi connectivity index (χ1) is 7.74. The van der Waals surface area contributed by atoms with E-state index in [1.54, 1.807) is 6.20 Å². The molecule has 2 N–H and O–H groups in total. The van der Waals surface area contributed by atoms with Gasteiger partial charge in [0.2, 0.25) is 0 Å². The standard InChI is InChI=1S/C11H11N3OS/c1-8-4-5-9(7-12-8)13-11(15)14-10-3-2-6-16-10/h2-7H,1H3,(H2,13,14,15). The third kappa shape index (κ3) is 2.80. The van der Waals surface area contributed by atoms with Crippen LogP contribution in [0.5, 0.6) is 0 Å². The van der Waals surface area contributed by atoms with Gasteiger partial charge in [-0.25, -0.2) is 4.79 Å². The first-order valence-electron chi connectivity index (χ1n) is 4.78. The molecule has 2 heterocycles. The van der Waals surface area contributed by atoms with Crippen molar-refractivity contribution in [2.45, 2.75) is 6.92 Å². The molecule has 0 fully saturated rings. The number of nitrogens with zero attached hydrogens (tertiary/aromatic N) is 1. The fourth-order valence-corrected chi connectivity index (χ4v) is 1.78. The highest BCUT2D eigenvalue weighted by Gasteiger charge is 2.02. The molecule has 0 radical (unpaired) electrons. The second-order valence-corrected chi connectivity index (χ2v) is 4.19. The Bertz CT molecular complexity index is 464. The molecule has 0 saturated carbocycles. The van der Waals surface area contributed by atoms with E-state index in [4.69, 9.17) is 0 Å². The highest BCUT2D eigenvalue weighted by Crippen LogP contribution is 2.15. The number of anilines is 2. The van der Waals surface area contributed by atoms with Crippen LogP contribution >= 0.6 is 11.3 Å². The van der Waals surface area contributed by atoms with E-state index < -0.39 is 0 Å². The Morgan fingerprint density at radius 1 is 1.31 bits per heavy atom. The molecule has 2 aromatic heterocycles. The quantitative estimate of drug-likeness (QED) is 0.837. The molecule has 2 amide bonds. The van der Waals surface area contributed by atoms with Gasteiger partial charge in [-0.05, 0) is 36.6 Å². The van der Waals surface area contributed by atoms with E-state index >= 15 is 0 Å². The average molecular weight is 233 g/mol. The predicted octanol–water partition coefficient (Wildman–Crippen LogP) is 3.10. The van der Waals surface area contributed by atoms with Gasteiger partial charge in [-0.1, -0.05) is 0 Å². The minimum absolute atomic E-state index is 0.256. The number of hydrogen-bond acceptors (Lipinski definition) is 3. The van der Waals surface area contributed by atoms with E-state index in [1.807, 2.05) is 36.6 Å². The maximum Gasteiger partial charge on any atom is 0.324 e. The lowest BCUT2D eigenvalue weighted by Gasteiger charge is -2.05. The molecule has 2 rings (SSSR count). The molecule has 0 aliphatic carbocycles. The molecule has 0 aromatic carbocycles. The summed E-state index contributed by atoms with van der Waals surface area (Å²) in [7, 11) is 0. The van der Waals surface area contributed by atoms with Gasteiger partial charge >= 0.3 is 6.03 Å². The number of thiophene rings is 1. The smallest absolute Gasteiger partial charge is 0.306 e. The minimum Gasteiger partial charge on any atom is -0.306 e. The van der Waals surface area contributed by atoms with Crippen LogP contribution in [0.4, 0.5) is 15.5 Å². The third-order valence-electron chi connectivity index (χ3n) is 1.93. The summed E-state index contributed by atoms with van der Waals surface area (Å²) in [5.74, 6) is 0. The van der Waals surface area contributed by atoms with Crippen molar-refractivity contribution in [2.75, 3.05) is 10.6 Å². The van der Waals surface area contributed by atoms with Crippen molar-refractivity contribution in [3.05, 3.63) is 41.5 Å². The van der Waals surface area contributed by atoms with Crippen LogP contribution in [0.25, 0.3) is 0 Å². The predicted molar refractivity (Wildman–Crippen MR) is 65.9 cm³/mol. The van der Waals surface area contributed by atoms with Crippen molar-refractivity contribution in [1.82, 2.24) is 4.98 Å². The lowest BCUT2D eigenvalue weighted by atomic mass is 10.3. The van der Waals surface area contributed by atoms with E-state index in [9.17, 15) is 4.79 Å². The number of carbonyl (C=O) groups excluding carboxylic acids is 1. The van der Waals surface area contributed by atoms with Gasteiger partial charge in [0.1, 0.15) is 0 Å². The monoisotopic (exact) mass is 233 g/mol. The summed E-state index contributed by atoms with van der Waals surface area (Å²) >= 11 is 1.48. The number of rotatable bonds is 2. The minimum atomic E-state index is -0.256. The molecule has 16 heavy (non-hydrogen) atoms. The van der Waals surface area contributed by atoms with Crippen LogP contribution in [0.15, 0.2) is 35.8 Å². The molecule has 0 saturated heterocycles. The summed E-state index contributed by atoms with van der Waals surface area (Å²) in [6, 6.07) is 7.13. The molecule has 0 aliphatic rings. The van der Waals surface area contributed by atoms with Crippen LogP contribution < -0.4 is 10.6 Å². The molecule has 5 heteroatoms. The Morgan fingerprint density at radius 2 is 2.19 bits per heavy atom. The topological polar surface area (TPSA) is 54.0 Å². The molecular weight excluding hydrogens is 222 g/mol. The zero-order valence-corrected chi connectivity index (χ0v) is 9.54. The highest BCUT2D eigenvalue weighted by atomic mass is 32.1. The Morgan fingerprint density at radius 3 is 2.81 bits per heavy atom. The molecule has 2 aromatic rings. The van der Waals surface area contributed by atoms with Crippen molar-refractivity contribution >= 4 is 28.1 Å². The fraction of sp³-hybridized carbons (Fsp3) is 0.0909. The van der Waals surface area contributed by atoms with Gasteiger partial charge in [0.25, 0.3) is 0 Å². The SMILES string of the molecule is Cc1ccc(NC(=O)Nc2cccs2)cn1. The number of amides is 2. The summed E-state index contributed by atoms with van der Waals surface area (Å²) in [4.78, 5) is 15.6. The van der Waals surface area contributed by atoms with E-state index in [0.717, 1.165) is 10.7 Å². The molecule has 0 aliphatic heterocycles. The third-order valence-corrected chi connectivity index (χ3v) is 2.71. The summed E-state index contributed by atoms with van der Waals surface area (Å²) in [5, 5.41) is 8.15. The Labute approximate surface area is 97.3 Å². The van der Waals surface area contributed by atoms with E-state index in [0.29, 0.717) is 5.69 Å². The molecule has 82 valence electrons. The van der Waals surface area contributed by atoms with Crippen molar-refractivity contribution in [3.63, 3.8) is 0 Å². The average Bonchev–Trinajstić information content (AvgIpc) is 2.74. The summed E-state index contributed by atoms with van der Waals surface area (Å²) < 4.78 is 0. The molecular formula is C11H11N3OS. The Kier molecular flexibility index (Phi) is 3.16. The van der Waals surface area contributed by atoms with Crippen LogP contribution in [0.3, 0.4) is 0 Å². The summed E-state index contributed by atoms with van der Waals surface area (Å²) in [6.45, 7) is 1.90. The van der Waals surface area contributed by atoms with E-state index in [2.05, 4.69) is 15.6 Å². The van der Waals surface area contributed by atoms with E-state index in [1.165, 1.54) is 11.3 Å². The number of urea groups is 1. The zero-order chi connectivity index (χ0) is 11.4. The summed E-state index contributed by atoms with van der Waals surface area (Å²) in [5.41, 5.74) is 1.60. The van der Waals surface area contributed by atoms with Crippen LogP contribution in [0, 0.1) is 6.92 Å². The van der Waals surface area contributed by atoms with Gasteiger partial charge in [-0.3, -0.25) is 10.3 Å². The highest BCUT2D eigenvalue weighted by molar-refractivity contribution is 7.14. The fourth-order valence-electron chi connectivity index (χ4n) is 1.17. The van der Waals surface area contributed by atoms with Crippen molar-refractivity contribution in [3.8, 4) is 0 Å². The lowest BCUT2D eigenvalue weighted by Crippen LogP contribution is -2.18. The summed E-state index contributed by atoms with van der Waals surface area (Å²) in [6.07, 6.45) is 1.63. The molecule has 0 atom stereocenters. The number of aromatic nitrogens is 1. The van der Waals surface area contributed by atoms with E-state index in [-0.39, 0.29) is 6.03 Å². The Balaban J connectivity index is 1.95. The number of nitrogens with one attached hydrogen (secondary N) is 2.